The Bertz CT molecular complexity index is 602. The minimum atomic E-state index is 0.121. The number of rotatable bonds is 2. The largest absolute Gasteiger partial charge is 0.331 e. The first-order valence-electron chi connectivity index (χ1n) is 6.70. The van der Waals surface area contributed by atoms with Crippen LogP contribution in [0.4, 0.5) is 5.95 Å². The predicted molar refractivity (Wildman–Crippen MR) is 83.9 cm³/mol. The molecule has 1 aromatic carbocycles. The van der Waals surface area contributed by atoms with Gasteiger partial charge in [-0.1, -0.05) is 30.3 Å². The van der Waals surface area contributed by atoms with Crippen LogP contribution in [0.2, 0.25) is 10.6 Å². The lowest BCUT2D eigenvalue weighted by Gasteiger charge is -2.40. The maximum Gasteiger partial charge on any atom is 0.231 e. The molecule has 1 atom stereocenters. The van der Waals surface area contributed by atoms with Crippen LogP contribution in [0, 0.1) is 0 Å². The summed E-state index contributed by atoms with van der Waals surface area (Å²) in [5.41, 5.74) is 1.22. The van der Waals surface area contributed by atoms with Gasteiger partial charge in [-0.3, -0.25) is 0 Å². The van der Waals surface area contributed by atoms with Crippen LogP contribution in [0.3, 0.4) is 0 Å². The summed E-state index contributed by atoms with van der Waals surface area (Å²) in [7, 11) is 2.11. The molecule has 0 spiro atoms. The van der Waals surface area contributed by atoms with Crippen molar-refractivity contribution >= 4 is 29.2 Å². The third kappa shape index (κ3) is 3.26. The summed E-state index contributed by atoms with van der Waals surface area (Å²) in [6.07, 6.45) is 0. The molecule has 3 rings (SSSR count). The molecular weight excluding hydrogens is 309 g/mol. The lowest BCUT2D eigenvalue weighted by molar-refractivity contribution is 0.267. The molecule has 1 aliphatic heterocycles. The van der Waals surface area contributed by atoms with Crippen molar-refractivity contribution in [1.82, 2.24) is 19.9 Å². The molecule has 1 aromatic heterocycles. The summed E-state index contributed by atoms with van der Waals surface area (Å²) >= 11 is 11.8. The van der Waals surface area contributed by atoms with E-state index in [-0.39, 0.29) is 16.6 Å². The lowest BCUT2D eigenvalue weighted by Crippen LogP contribution is -2.47. The third-order valence-electron chi connectivity index (χ3n) is 3.59. The van der Waals surface area contributed by atoms with E-state index in [9.17, 15) is 0 Å². The maximum atomic E-state index is 5.91. The number of hydrogen-bond donors (Lipinski definition) is 0. The second kappa shape index (κ2) is 6.13. The molecule has 2 aromatic rings. The zero-order valence-corrected chi connectivity index (χ0v) is 13.1. The molecule has 1 fully saturated rings. The molecule has 0 radical (unpaired) electrons. The van der Waals surface area contributed by atoms with Gasteiger partial charge in [-0.25, -0.2) is 0 Å². The first kappa shape index (κ1) is 14.5. The van der Waals surface area contributed by atoms with Gasteiger partial charge in [0.05, 0.1) is 6.04 Å². The van der Waals surface area contributed by atoms with Crippen LogP contribution in [-0.4, -0.2) is 46.5 Å². The van der Waals surface area contributed by atoms with Gasteiger partial charge in [0.2, 0.25) is 16.5 Å². The normalized spacial score (nSPS) is 19.8. The monoisotopic (exact) mass is 323 g/mol. The Kier molecular flexibility index (Phi) is 4.24. The van der Waals surface area contributed by atoms with Crippen molar-refractivity contribution in [2.24, 2.45) is 0 Å². The number of nitrogens with zero attached hydrogens (tertiary/aromatic N) is 5. The van der Waals surface area contributed by atoms with E-state index < -0.39 is 0 Å². The second-order valence-corrected chi connectivity index (χ2v) is 5.73. The van der Waals surface area contributed by atoms with Gasteiger partial charge in [-0.15, -0.1) is 0 Å². The molecule has 110 valence electrons. The fourth-order valence-corrected chi connectivity index (χ4v) is 2.92. The van der Waals surface area contributed by atoms with E-state index in [4.69, 9.17) is 23.2 Å². The number of hydrogen-bond acceptors (Lipinski definition) is 5. The standard InChI is InChI=1S/C14H15Cl2N5/c1-20-7-8-21(14-18-12(15)17-13(16)19-14)11(9-20)10-5-3-2-4-6-10/h2-6,11H,7-9H2,1H3. The molecule has 21 heavy (non-hydrogen) atoms. The fourth-order valence-electron chi connectivity index (χ4n) is 2.56. The van der Waals surface area contributed by atoms with Crippen molar-refractivity contribution in [1.29, 1.82) is 0 Å². The molecule has 1 saturated heterocycles. The van der Waals surface area contributed by atoms with Crippen molar-refractivity contribution in [3.8, 4) is 0 Å². The number of anilines is 1. The smallest absolute Gasteiger partial charge is 0.231 e. The minimum Gasteiger partial charge on any atom is -0.331 e. The van der Waals surface area contributed by atoms with Crippen molar-refractivity contribution in [3.05, 3.63) is 46.5 Å². The van der Waals surface area contributed by atoms with Gasteiger partial charge in [-0.05, 0) is 35.8 Å². The lowest BCUT2D eigenvalue weighted by atomic mass is 10.0. The van der Waals surface area contributed by atoms with Gasteiger partial charge in [0.1, 0.15) is 0 Å². The van der Waals surface area contributed by atoms with E-state index in [0.29, 0.717) is 5.95 Å². The van der Waals surface area contributed by atoms with Gasteiger partial charge in [0.25, 0.3) is 0 Å². The maximum absolute atomic E-state index is 5.91. The molecular formula is C14H15Cl2N5. The average Bonchev–Trinajstić information content (AvgIpc) is 2.47. The van der Waals surface area contributed by atoms with E-state index in [1.807, 2.05) is 18.2 Å². The quantitative estimate of drug-likeness (QED) is 0.850. The minimum absolute atomic E-state index is 0.121. The summed E-state index contributed by atoms with van der Waals surface area (Å²) in [6, 6.07) is 10.5. The number of aromatic nitrogens is 3. The topological polar surface area (TPSA) is 45.2 Å². The van der Waals surface area contributed by atoms with Gasteiger partial charge in [0, 0.05) is 19.6 Å². The van der Waals surface area contributed by atoms with Gasteiger partial charge >= 0.3 is 0 Å². The molecule has 1 unspecified atom stereocenters. The highest BCUT2D eigenvalue weighted by atomic mass is 35.5. The Morgan fingerprint density at radius 3 is 2.33 bits per heavy atom. The van der Waals surface area contributed by atoms with Crippen LogP contribution in [0.5, 0.6) is 0 Å². The zero-order chi connectivity index (χ0) is 14.8. The van der Waals surface area contributed by atoms with Crippen molar-refractivity contribution in [3.63, 3.8) is 0 Å². The molecule has 7 heteroatoms. The number of halogens is 2. The SMILES string of the molecule is CN1CCN(c2nc(Cl)nc(Cl)n2)C(c2ccccc2)C1. The Balaban J connectivity index is 1.98. The molecule has 0 bridgehead atoms. The van der Waals surface area contributed by atoms with Crippen molar-refractivity contribution < 1.29 is 0 Å². The first-order valence-corrected chi connectivity index (χ1v) is 7.46. The highest BCUT2D eigenvalue weighted by Gasteiger charge is 2.29. The summed E-state index contributed by atoms with van der Waals surface area (Å²) in [5.74, 6) is 0.530. The fraction of sp³-hybridized carbons (Fsp3) is 0.357. The number of benzene rings is 1. The van der Waals surface area contributed by atoms with Crippen LogP contribution in [0.25, 0.3) is 0 Å². The number of piperazine rings is 1. The Morgan fingerprint density at radius 2 is 1.67 bits per heavy atom. The summed E-state index contributed by atoms with van der Waals surface area (Å²) in [4.78, 5) is 16.7. The van der Waals surface area contributed by atoms with Crippen LogP contribution >= 0.6 is 23.2 Å². The molecule has 1 aliphatic rings. The predicted octanol–water partition coefficient (Wildman–Crippen LogP) is 2.67. The molecule has 0 N–H and O–H groups in total. The van der Waals surface area contributed by atoms with Gasteiger partial charge in [-0.2, -0.15) is 15.0 Å². The van der Waals surface area contributed by atoms with E-state index >= 15 is 0 Å². The molecule has 2 heterocycles. The van der Waals surface area contributed by atoms with Crippen molar-refractivity contribution in [2.75, 3.05) is 31.6 Å². The van der Waals surface area contributed by atoms with Crippen LogP contribution in [0.15, 0.2) is 30.3 Å². The van der Waals surface area contributed by atoms with Crippen molar-refractivity contribution in [2.45, 2.75) is 6.04 Å². The van der Waals surface area contributed by atoms with Crippen LogP contribution in [-0.2, 0) is 0 Å². The Hall–Kier alpha value is -1.43. The Labute approximate surface area is 133 Å². The highest BCUT2D eigenvalue weighted by Crippen LogP contribution is 2.28. The Morgan fingerprint density at radius 1 is 1.00 bits per heavy atom. The molecule has 5 nitrogen and oxygen atoms in total. The van der Waals surface area contributed by atoms with E-state index in [1.54, 1.807) is 0 Å². The third-order valence-corrected chi connectivity index (χ3v) is 3.93. The van der Waals surface area contributed by atoms with Crippen LogP contribution in [0.1, 0.15) is 11.6 Å². The van der Waals surface area contributed by atoms with Crippen LogP contribution < -0.4 is 4.90 Å². The first-order chi connectivity index (χ1) is 10.1. The molecule has 0 amide bonds. The van der Waals surface area contributed by atoms with Gasteiger partial charge in [0.15, 0.2) is 0 Å². The van der Waals surface area contributed by atoms with E-state index in [1.165, 1.54) is 5.56 Å². The zero-order valence-electron chi connectivity index (χ0n) is 11.6. The average molecular weight is 324 g/mol. The highest BCUT2D eigenvalue weighted by molar-refractivity contribution is 6.31. The van der Waals surface area contributed by atoms with E-state index in [2.05, 4.69) is 43.9 Å². The molecule has 0 saturated carbocycles. The van der Waals surface area contributed by atoms with Gasteiger partial charge < -0.3 is 9.80 Å². The second-order valence-electron chi connectivity index (χ2n) is 5.06. The summed E-state index contributed by atoms with van der Waals surface area (Å²) in [6.45, 7) is 2.64. The number of likely N-dealkylation sites (N-methyl/N-ethyl adjacent to an activating group) is 1. The van der Waals surface area contributed by atoms with E-state index in [0.717, 1.165) is 19.6 Å². The molecule has 0 aliphatic carbocycles. The summed E-state index contributed by atoms with van der Waals surface area (Å²) in [5, 5.41) is 0.242. The summed E-state index contributed by atoms with van der Waals surface area (Å²) < 4.78 is 0.